The van der Waals surface area contributed by atoms with Crippen LogP contribution < -0.4 is 4.90 Å². The minimum Gasteiger partial charge on any atom is -0.481 e. The van der Waals surface area contributed by atoms with Crippen LogP contribution in [-0.2, 0) is 9.59 Å². The number of carbonyl (C=O) groups excluding carboxylic acids is 1. The molecule has 2 heterocycles. The quantitative estimate of drug-likeness (QED) is 0.615. The van der Waals surface area contributed by atoms with Gasteiger partial charge in [-0.25, -0.2) is 0 Å². The number of hydrogen-bond donors (Lipinski definition) is 1. The molecule has 1 atom stereocenters. The predicted octanol–water partition coefficient (Wildman–Crippen LogP) is 0.427. The highest BCUT2D eigenvalue weighted by molar-refractivity contribution is 6.00. The normalized spacial score (nSPS) is 19.0. The summed E-state index contributed by atoms with van der Waals surface area (Å²) >= 11 is 0. The number of pyridine rings is 1. The molecule has 0 bridgehead atoms. The Balaban J connectivity index is 2.35. The molecule has 8 nitrogen and oxygen atoms in total. The Bertz CT molecular complexity index is 530. The Morgan fingerprint density at radius 2 is 2.33 bits per heavy atom. The molecule has 1 aliphatic rings. The molecule has 0 radical (unpaired) electrons. The summed E-state index contributed by atoms with van der Waals surface area (Å²) in [4.78, 5) is 37.4. The third-order valence-electron chi connectivity index (χ3n) is 2.74. The van der Waals surface area contributed by atoms with Gasteiger partial charge in [-0.1, -0.05) is 0 Å². The number of carbonyl (C=O) groups is 2. The van der Waals surface area contributed by atoms with Crippen molar-refractivity contribution in [3.63, 3.8) is 0 Å². The molecule has 0 spiro atoms. The largest absolute Gasteiger partial charge is 0.481 e. The first-order chi connectivity index (χ1) is 8.50. The minimum absolute atomic E-state index is 0.0565. The van der Waals surface area contributed by atoms with Crippen LogP contribution in [0.4, 0.5) is 11.4 Å². The van der Waals surface area contributed by atoms with E-state index in [4.69, 9.17) is 5.11 Å². The van der Waals surface area contributed by atoms with Crippen LogP contribution in [0.25, 0.3) is 0 Å². The summed E-state index contributed by atoms with van der Waals surface area (Å²) in [5.74, 6) is -2.34. The molecule has 1 unspecified atom stereocenters. The molecule has 8 heteroatoms. The van der Waals surface area contributed by atoms with Gasteiger partial charge in [0.1, 0.15) is 11.9 Å². The van der Waals surface area contributed by atoms with Gasteiger partial charge in [0, 0.05) is 19.2 Å². The topological polar surface area (TPSA) is 114 Å². The molecule has 2 rings (SSSR count). The zero-order valence-electron chi connectivity index (χ0n) is 9.15. The van der Waals surface area contributed by atoms with Crippen molar-refractivity contribution in [1.29, 1.82) is 0 Å². The molecule has 1 aromatic rings. The molecule has 0 saturated carbocycles. The van der Waals surface area contributed by atoms with E-state index >= 15 is 0 Å². The molecule has 0 aliphatic carbocycles. The smallest absolute Gasteiger partial charge is 0.311 e. The van der Waals surface area contributed by atoms with Gasteiger partial charge in [-0.05, 0) is 6.07 Å². The van der Waals surface area contributed by atoms with Crippen molar-refractivity contribution < 1.29 is 19.6 Å². The molecule has 1 amide bonds. The first kappa shape index (κ1) is 12.0. The van der Waals surface area contributed by atoms with Crippen LogP contribution in [0.3, 0.4) is 0 Å². The van der Waals surface area contributed by atoms with Gasteiger partial charge < -0.3 is 10.0 Å². The van der Waals surface area contributed by atoms with Gasteiger partial charge in [0.05, 0.1) is 10.8 Å². The maximum absolute atomic E-state index is 11.7. The van der Waals surface area contributed by atoms with E-state index in [1.54, 1.807) is 0 Å². The van der Waals surface area contributed by atoms with Gasteiger partial charge in [-0.15, -0.1) is 0 Å². The van der Waals surface area contributed by atoms with Crippen LogP contribution >= 0.6 is 0 Å². The van der Waals surface area contributed by atoms with Crippen molar-refractivity contribution >= 4 is 23.3 Å². The van der Waals surface area contributed by atoms with Gasteiger partial charge in [0.15, 0.2) is 0 Å². The number of nitrogens with zero attached hydrogens (tertiary/aromatic N) is 3. The Morgan fingerprint density at radius 1 is 1.61 bits per heavy atom. The highest BCUT2D eigenvalue weighted by Gasteiger charge is 2.37. The number of carboxylic acid groups (broad SMARTS) is 1. The lowest BCUT2D eigenvalue weighted by Crippen LogP contribution is -2.26. The first-order valence-electron chi connectivity index (χ1n) is 5.12. The Labute approximate surface area is 101 Å². The van der Waals surface area contributed by atoms with Crippen molar-refractivity contribution in [3.05, 3.63) is 28.6 Å². The lowest BCUT2D eigenvalue weighted by Gasteiger charge is -2.15. The fraction of sp³-hybridized carbons (Fsp3) is 0.300. The molecule has 1 fully saturated rings. The average molecular weight is 251 g/mol. The predicted molar refractivity (Wildman–Crippen MR) is 59.0 cm³/mol. The molecule has 1 N–H and O–H groups in total. The van der Waals surface area contributed by atoms with Gasteiger partial charge in [-0.3, -0.25) is 24.7 Å². The summed E-state index contributed by atoms with van der Waals surface area (Å²) < 4.78 is 0. The van der Waals surface area contributed by atoms with E-state index in [0.717, 1.165) is 11.1 Å². The number of aliphatic carboxylic acids is 1. The zero-order valence-corrected chi connectivity index (χ0v) is 9.15. The Kier molecular flexibility index (Phi) is 2.92. The maximum atomic E-state index is 11.7. The number of amides is 1. The van der Waals surface area contributed by atoms with Crippen LogP contribution in [0.15, 0.2) is 18.5 Å². The van der Waals surface area contributed by atoms with Crippen molar-refractivity contribution in [2.75, 3.05) is 11.4 Å². The van der Waals surface area contributed by atoms with Crippen LogP contribution in [0.1, 0.15) is 6.42 Å². The highest BCUT2D eigenvalue weighted by atomic mass is 16.6. The second-order valence-corrected chi connectivity index (χ2v) is 3.87. The number of nitro groups is 1. The van der Waals surface area contributed by atoms with E-state index in [0.29, 0.717) is 0 Å². The second-order valence-electron chi connectivity index (χ2n) is 3.87. The standard InChI is InChI=1S/C10H9N3O5/c14-9-3-6(10(15)16)5-12(9)7-1-2-11-4-8(7)13(17)18/h1-2,4,6H,3,5H2,(H,15,16). The summed E-state index contributed by atoms with van der Waals surface area (Å²) in [5, 5.41) is 19.7. The van der Waals surface area contributed by atoms with E-state index in [1.807, 2.05) is 0 Å². The van der Waals surface area contributed by atoms with Crippen molar-refractivity contribution in [1.82, 2.24) is 4.98 Å². The Hall–Kier alpha value is -2.51. The van der Waals surface area contributed by atoms with Gasteiger partial charge in [-0.2, -0.15) is 0 Å². The van der Waals surface area contributed by atoms with Crippen molar-refractivity contribution in [2.24, 2.45) is 5.92 Å². The van der Waals surface area contributed by atoms with Crippen LogP contribution in [-0.4, -0.2) is 33.4 Å². The number of carboxylic acids is 1. The summed E-state index contributed by atoms with van der Waals surface area (Å²) in [6.45, 7) is -0.0565. The third-order valence-corrected chi connectivity index (χ3v) is 2.74. The molecular weight excluding hydrogens is 242 g/mol. The fourth-order valence-electron chi connectivity index (χ4n) is 1.85. The fourth-order valence-corrected chi connectivity index (χ4v) is 1.85. The number of anilines is 1. The summed E-state index contributed by atoms with van der Waals surface area (Å²) in [6, 6.07) is 1.33. The summed E-state index contributed by atoms with van der Waals surface area (Å²) in [6.07, 6.45) is 2.22. The summed E-state index contributed by atoms with van der Waals surface area (Å²) in [5.41, 5.74) is -0.222. The van der Waals surface area contributed by atoms with Crippen LogP contribution in [0.2, 0.25) is 0 Å². The highest BCUT2D eigenvalue weighted by Crippen LogP contribution is 2.31. The second kappa shape index (κ2) is 4.40. The van der Waals surface area contributed by atoms with E-state index in [-0.39, 0.29) is 24.3 Å². The summed E-state index contributed by atoms with van der Waals surface area (Å²) in [7, 11) is 0. The minimum atomic E-state index is -1.08. The first-order valence-corrected chi connectivity index (χ1v) is 5.12. The number of aromatic nitrogens is 1. The van der Waals surface area contributed by atoms with E-state index < -0.39 is 22.7 Å². The van der Waals surface area contributed by atoms with Gasteiger partial charge in [0.2, 0.25) is 5.91 Å². The maximum Gasteiger partial charge on any atom is 0.311 e. The molecule has 18 heavy (non-hydrogen) atoms. The molecule has 0 aromatic carbocycles. The van der Waals surface area contributed by atoms with E-state index in [9.17, 15) is 19.7 Å². The van der Waals surface area contributed by atoms with Crippen LogP contribution in [0, 0.1) is 16.0 Å². The van der Waals surface area contributed by atoms with E-state index in [2.05, 4.69) is 4.98 Å². The molecule has 94 valence electrons. The van der Waals surface area contributed by atoms with E-state index in [1.165, 1.54) is 12.3 Å². The number of rotatable bonds is 3. The third kappa shape index (κ3) is 1.99. The Morgan fingerprint density at radius 3 is 2.89 bits per heavy atom. The lowest BCUT2D eigenvalue weighted by atomic mass is 10.1. The zero-order chi connectivity index (χ0) is 13.3. The monoisotopic (exact) mass is 251 g/mol. The SMILES string of the molecule is O=C(O)C1CC(=O)N(c2ccncc2[N+](=O)[O-])C1. The number of hydrogen-bond acceptors (Lipinski definition) is 5. The average Bonchev–Trinajstić information content (AvgIpc) is 2.71. The molecule has 1 saturated heterocycles. The lowest BCUT2D eigenvalue weighted by molar-refractivity contribution is -0.384. The molecule has 1 aliphatic heterocycles. The molecule has 1 aromatic heterocycles. The van der Waals surface area contributed by atoms with Gasteiger partial charge >= 0.3 is 11.7 Å². The van der Waals surface area contributed by atoms with Crippen LogP contribution in [0.5, 0.6) is 0 Å². The van der Waals surface area contributed by atoms with Crippen molar-refractivity contribution in [2.45, 2.75) is 6.42 Å². The van der Waals surface area contributed by atoms with Gasteiger partial charge in [0.25, 0.3) is 0 Å². The molecular formula is C10H9N3O5. The van der Waals surface area contributed by atoms with Crippen molar-refractivity contribution in [3.8, 4) is 0 Å².